The van der Waals surface area contributed by atoms with Crippen molar-refractivity contribution in [1.82, 2.24) is 0 Å². The highest BCUT2D eigenvalue weighted by molar-refractivity contribution is 5.86. The van der Waals surface area contributed by atoms with E-state index in [0.717, 1.165) is 6.42 Å². The van der Waals surface area contributed by atoms with Crippen LogP contribution in [0.4, 0.5) is 34.1 Å². The molecule has 0 saturated heterocycles. The molecule has 6 aromatic rings. The second-order valence-corrected chi connectivity index (χ2v) is 11.9. The summed E-state index contributed by atoms with van der Waals surface area (Å²) in [7, 11) is 0. The van der Waals surface area contributed by atoms with Gasteiger partial charge in [0.2, 0.25) is 0 Å². The van der Waals surface area contributed by atoms with Crippen LogP contribution in [0, 0.1) is 27.7 Å². The number of fused-ring (bicyclic) bond motifs is 3. The largest absolute Gasteiger partial charge is 0.310 e. The van der Waals surface area contributed by atoms with E-state index in [1.807, 2.05) is 0 Å². The van der Waals surface area contributed by atoms with Gasteiger partial charge in [-0.15, -0.1) is 0 Å². The molecule has 43 heavy (non-hydrogen) atoms. The summed E-state index contributed by atoms with van der Waals surface area (Å²) in [6.07, 6.45) is 0.914. The molecule has 1 aliphatic rings. The first-order valence-electron chi connectivity index (χ1n) is 15.1. The van der Waals surface area contributed by atoms with E-state index >= 15 is 0 Å². The molecule has 0 fully saturated rings. The zero-order chi connectivity index (χ0) is 29.5. The first kappa shape index (κ1) is 26.8. The van der Waals surface area contributed by atoms with Crippen LogP contribution in [0.15, 0.2) is 133 Å². The summed E-state index contributed by atoms with van der Waals surface area (Å²) >= 11 is 0. The molecule has 0 amide bonds. The van der Waals surface area contributed by atoms with Crippen LogP contribution < -0.4 is 9.80 Å². The number of benzene rings is 6. The standard InChI is InChI=1S/C41H36N2/c1-28-5-13-34(14-6-28)42(35-15-7-29(2)8-16-35)38-21-23-40-32(26-38)25-33-27-39(22-24-41(33)40)43(36-17-9-30(3)10-18-36)37-19-11-31(4)12-20-37/h5-24,26-27H,25H2,1-4H3. The second kappa shape index (κ2) is 11.0. The SMILES string of the molecule is Cc1ccc(N(c2ccc(C)cc2)c2ccc3c(c2)Cc2cc(N(c4ccc(C)cc4)c4ccc(C)cc4)ccc2-3)cc1. The third-order valence-corrected chi connectivity index (χ3v) is 8.53. The molecule has 0 heterocycles. The molecule has 7 rings (SSSR count). The lowest BCUT2D eigenvalue weighted by Crippen LogP contribution is -2.10. The smallest absolute Gasteiger partial charge is 0.0464 e. The molecule has 2 nitrogen and oxygen atoms in total. The van der Waals surface area contributed by atoms with E-state index in [1.165, 1.54) is 78.6 Å². The Morgan fingerprint density at radius 1 is 0.326 bits per heavy atom. The lowest BCUT2D eigenvalue weighted by molar-refractivity contribution is 1.21. The van der Waals surface area contributed by atoms with Crippen LogP contribution in [0.2, 0.25) is 0 Å². The minimum absolute atomic E-state index is 0.914. The quantitative estimate of drug-likeness (QED) is 0.201. The van der Waals surface area contributed by atoms with E-state index in [1.54, 1.807) is 0 Å². The van der Waals surface area contributed by atoms with Crippen LogP contribution in [-0.4, -0.2) is 0 Å². The van der Waals surface area contributed by atoms with Crippen LogP contribution in [0.1, 0.15) is 33.4 Å². The highest BCUT2D eigenvalue weighted by Crippen LogP contribution is 2.44. The summed E-state index contributed by atoms with van der Waals surface area (Å²) in [5.74, 6) is 0. The van der Waals surface area contributed by atoms with Gasteiger partial charge in [-0.1, -0.05) is 82.9 Å². The zero-order valence-corrected chi connectivity index (χ0v) is 25.3. The Morgan fingerprint density at radius 2 is 0.581 bits per heavy atom. The van der Waals surface area contributed by atoms with Gasteiger partial charge in [-0.2, -0.15) is 0 Å². The lowest BCUT2D eigenvalue weighted by Gasteiger charge is -2.26. The average Bonchev–Trinajstić information content (AvgIpc) is 3.38. The summed E-state index contributed by atoms with van der Waals surface area (Å²) in [6, 6.07) is 49.2. The van der Waals surface area contributed by atoms with Gasteiger partial charge in [0.1, 0.15) is 0 Å². The molecule has 0 spiro atoms. The van der Waals surface area contributed by atoms with E-state index in [9.17, 15) is 0 Å². The molecular weight excluding hydrogens is 520 g/mol. The Balaban J connectivity index is 1.27. The summed E-state index contributed by atoms with van der Waals surface area (Å²) in [4.78, 5) is 4.73. The summed E-state index contributed by atoms with van der Waals surface area (Å²) < 4.78 is 0. The maximum atomic E-state index is 2.38. The van der Waals surface area contributed by atoms with Gasteiger partial charge in [0.25, 0.3) is 0 Å². The Bertz CT molecular complexity index is 1670. The van der Waals surface area contributed by atoms with Crippen LogP contribution >= 0.6 is 0 Å². The van der Waals surface area contributed by atoms with Gasteiger partial charge in [-0.3, -0.25) is 0 Å². The first-order chi connectivity index (χ1) is 20.9. The van der Waals surface area contributed by atoms with E-state index < -0.39 is 0 Å². The predicted octanol–water partition coefficient (Wildman–Crippen LogP) is 11.4. The molecule has 210 valence electrons. The summed E-state index contributed by atoms with van der Waals surface area (Å²) in [5.41, 5.74) is 17.5. The van der Waals surface area contributed by atoms with E-state index in [-0.39, 0.29) is 0 Å². The maximum absolute atomic E-state index is 2.38. The normalized spacial score (nSPS) is 11.6. The van der Waals surface area contributed by atoms with E-state index in [0.29, 0.717) is 0 Å². The van der Waals surface area contributed by atoms with Crippen LogP contribution in [0.25, 0.3) is 11.1 Å². The number of rotatable bonds is 6. The number of hydrogen-bond acceptors (Lipinski definition) is 2. The van der Waals surface area contributed by atoms with Crippen molar-refractivity contribution in [1.29, 1.82) is 0 Å². The summed E-state index contributed by atoms with van der Waals surface area (Å²) in [5, 5.41) is 0. The van der Waals surface area contributed by atoms with Gasteiger partial charge in [0.15, 0.2) is 0 Å². The molecule has 0 radical (unpaired) electrons. The number of aryl methyl sites for hydroxylation is 4. The molecule has 0 bridgehead atoms. The second-order valence-electron chi connectivity index (χ2n) is 11.9. The van der Waals surface area contributed by atoms with E-state index in [4.69, 9.17) is 0 Å². The molecule has 0 unspecified atom stereocenters. The van der Waals surface area contributed by atoms with Gasteiger partial charge < -0.3 is 9.80 Å². The fourth-order valence-electron chi connectivity index (χ4n) is 6.13. The number of nitrogens with zero attached hydrogens (tertiary/aromatic N) is 2. The molecule has 0 N–H and O–H groups in total. The van der Waals surface area contributed by atoms with Gasteiger partial charge >= 0.3 is 0 Å². The van der Waals surface area contributed by atoms with Crippen molar-refractivity contribution in [2.45, 2.75) is 34.1 Å². The molecule has 0 aliphatic heterocycles. The van der Waals surface area contributed by atoms with Crippen molar-refractivity contribution in [2.75, 3.05) is 9.80 Å². The Morgan fingerprint density at radius 3 is 0.860 bits per heavy atom. The molecule has 2 heteroatoms. The van der Waals surface area contributed by atoms with Crippen LogP contribution in [-0.2, 0) is 6.42 Å². The van der Waals surface area contributed by atoms with Gasteiger partial charge in [0.05, 0.1) is 0 Å². The average molecular weight is 557 g/mol. The molecule has 1 aliphatic carbocycles. The van der Waals surface area contributed by atoms with Crippen molar-refractivity contribution in [3.63, 3.8) is 0 Å². The highest BCUT2D eigenvalue weighted by atomic mass is 15.1. The fraction of sp³-hybridized carbons (Fsp3) is 0.122. The maximum Gasteiger partial charge on any atom is 0.0464 e. The molecular formula is C41H36N2. The van der Waals surface area contributed by atoms with Crippen molar-refractivity contribution in [2.24, 2.45) is 0 Å². The lowest BCUT2D eigenvalue weighted by atomic mass is 10.0. The minimum atomic E-state index is 0.914. The van der Waals surface area contributed by atoms with Crippen molar-refractivity contribution < 1.29 is 0 Å². The predicted molar refractivity (Wildman–Crippen MR) is 183 cm³/mol. The number of anilines is 6. The molecule has 0 saturated carbocycles. The van der Waals surface area contributed by atoms with Gasteiger partial charge in [0, 0.05) is 34.1 Å². The van der Waals surface area contributed by atoms with Crippen molar-refractivity contribution in [3.8, 4) is 11.1 Å². The summed E-state index contributed by atoms with van der Waals surface area (Å²) in [6.45, 7) is 8.55. The van der Waals surface area contributed by atoms with Gasteiger partial charge in [-0.25, -0.2) is 0 Å². The molecule has 0 atom stereocenters. The topological polar surface area (TPSA) is 6.48 Å². The van der Waals surface area contributed by atoms with Crippen molar-refractivity contribution in [3.05, 3.63) is 167 Å². The number of hydrogen-bond donors (Lipinski definition) is 0. The Hall–Kier alpha value is -5.08. The van der Waals surface area contributed by atoms with Crippen LogP contribution in [0.3, 0.4) is 0 Å². The Kier molecular flexibility index (Phi) is 6.83. The molecule has 0 aromatic heterocycles. The third-order valence-electron chi connectivity index (χ3n) is 8.53. The third kappa shape index (κ3) is 5.21. The monoisotopic (exact) mass is 556 g/mol. The van der Waals surface area contributed by atoms with Crippen molar-refractivity contribution >= 4 is 34.1 Å². The highest BCUT2D eigenvalue weighted by Gasteiger charge is 2.23. The molecule has 6 aromatic carbocycles. The minimum Gasteiger partial charge on any atom is -0.310 e. The van der Waals surface area contributed by atoms with Crippen LogP contribution in [0.5, 0.6) is 0 Å². The van der Waals surface area contributed by atoms with E-state index in [2.05, 4.69) is 171 Å². The zero-order valence-electron chi connectivity index (χ0n) is 25.3. The van der Waals surface area contributed by atoms with Gasteiger partial charge in [-0.05, 0) is 129 Å². The first-order valence-corrected chi connectivity index (χ1v) is 15.1. The Labute approximate surface area is 255 Å². The fourth-order valence-corrected chi connectivity index (χ4v) is 6.13.